The van der Waals surface area contributed by atoms with E-state index in [1.807, 2.05) is 61.7 Å². The van der Waals surface area contributed by atoms with Crippen LogP contribution < -0.4 is 9.47 Å². The smallest absolute Gasteiger partial charge is 0.175 e. The molecule has 0 saturated heterocycles. The van der Waals surface area contributed by atoms with E-state index in [0.29, 0.717) is 29.7 Å². The zero-order valence-electron chi connectivity index (χ0n) is 16.5. The molecule has 0 aromatic heterocycles. The predicted octanol–water partition coefficient (Wildman–Crippen LogP) is 7.39. The minimum Gasteiger partial charge on any atom is -0.490 e. The largest absolute Gasteiger partial charge is 0.490 e. The van der Waals surface area contributed by atoms with Gasteiger partial charge in [-0.3, -0.25) is 4.99 Å². The molecule has 3 aromatic rings. The van der Waals surface area contributed by atoms with Crippen LogP contribution in [-0.4, -0.2) is 12.8 Å². The van der Waals surface area contributed by atoms with Crippen molar-refractivity contribution in [1.29, 1.82) is 0 Å². The number of ether oxygens (including phenoxy) is 2. The Bertz CT molecular complexity index is 969. The van der Waals surface area contributed by atoms with Crippen LogP contribution >= 0.6 is 27.5 Å². The van der Waals surface area contributed by atoms with Crippen LogP contribution in [0, 0.1) is 0 Å². The topological polar surface area (TPSA) is 30.8 Å². The lowest BCUT2D eigenvalue weighted by molar-refractivity contribution is 0.267. The van der Waals surface area contributed by atoms with Gasteiger partial charge in [-0.15, -0.1) is 0 Å². The molecule has 0 bridgehead atoms. The average Bonchev–Trinajstić information content (AvgIpc) is 2.73. The Kier molecular flexibility index (Phi) is 7.73. The summed E-state index contributed by atoms with van der Waals surface area (Å²) in [5.41, 5.74) is 4.18. The van der Waals surface area contributed by atoms with Crippen molar-refractivity contribution in [3.63, 3.8) is 0 Å². The summed E-state index contributed by atoms with van der Waals surface area (Å²) in [6, 6.07) is 19.8. The maximum atomic E-state index is 6.03. The molecule has 0 atom stereocenters. The molecule has 3 rings (SSSR count). The van der Waals surface area contributed by atoms with Gasteiger partial charge in [0.25, 0.3) is 0 Å². The van der Waals surface area contributed by atoms with E-state index in [4.69, 9.17) is 21.1 Å². The van der Waals surface area contributed by atoms with E-state index in [-0.39, 0.29) is 0 Å². The summed E-state index contributed by atoms with van der Waals surface area (Å²) in [6.45, 7) is 5.06. The van der Waals surface area contributed by atoms with E-state index in [0.717, 1.165) is 27.7 Å². The van der Waals surface area contributed by atoms with Gasteiger partial charge in [-0.05, 0) is 82.4 Å². The molecule has 5 heteroatoms. The summed E-state index contributed by atoms with van der Waals surface area (Å²) in [7, 11) is 0. The first-order chi connectivity index (χ1) is 14.1. The standard InChI is InChI=1S/C24H23BrClNO2/c1-3-17-7-11-21(12-8-17)27-15-19-13-22(25)24(23(14-19)28-4-2)29-16-18-5-9-20(26)10-6-18/h5-15H,3-4,16H2,1-2H3. The lowest BCUT2D eigenvalue weighted by atomic mass is 10.1. The minimum atomic E-state index is 0.424. The SMILES string of the molecule is CCOc1cc(C=Nc2ccc(CC)cc2)cc(Br)c1OCc1ccc(Cl)cc1. The molecule has 29 heavy (non-hydrogen) atoms. The quantitative estimate of drug-likeness (QED) is 0.320. The Labute approximate surface area is 185 Å². The number of nitrogens with zero attached hydrogens (tertiary/aromatic N) is 1. The second kappa shape index (κ2) is 10.5. The minimum absolute atomic E-state index is 0.424. The molecule has 3 nitrogen and oxygen atoms in total. The number of hydrogen-bond acceptors (Lipinski definition) is 3. The van der Waals surface area contributed by atoms with E-state index >= 15 is 0 Å². The highest BCUT2D eigenvalue weighted by atomic mass is 79.9. The van der Waals surface area contributed by atoms with E-state index in [1.165, 1.54) is 5.56 Å². The molecule has 0 fully saturated rings. The van der Waals surface area contributed by atoms with Crippen LogP contribution in [0.3, 0.4) is 0 Å². The molecule has 0 amide bonds. The van der Waals surface area contributed by atoms with Crippen LogP contribution in [0.15, 0.2) is 70.1 Å². The Morgan fingerprint density at radius 3 is 2.28 bits per heavy atom. The van der Waals surface area contributed by atoms with Gasteiger partial charge in [0.1, 0.15) is 6.61 Å². The van der Waals surface area contributed by atoms with Crippen LogP contribution in [0.2, 0.25) is 5.02 Å². The van der Waals surface area contributed by atoms with Crippen LogP contribution in [-0.2, 0) is 13.0 Å². The van der Waals surface area contributed by atoms with E-state index in [9.17, 15) is 0 Å². The lowest BCUT2D eigenvalue weighted by Crippen LogP contribution is -2.01. The van der Waals surface area contributed by atoms with Crippen molar-refractivity contribution in [2.75, 3.05) is 6.61 Å². The van der Waals surface area contributed by atoms with Gasteiger partial charge in [-0.1, -0.05) is 42.8 Å². The monoisotopic (exact) mass is 471 g/mol. The van der Waals surface area contributed by atoms with Crippen molar-refractivity contribution in [2.24, 2.45) is 4.99 Å². The molecule has 0 aliphatic heterocycles. The fourth-order valence-corrected chi connectivity index (χ4v) is 3.47. The zero-order chi connectivity index (χ0) is 20.6. The normalized spacial score (nSPS) is 11.0. The number of rotatable bonds is 8. The van der Waals surface area contributed by atoms with Crippen molar-refractivity contribution in [1.82, 2.24) is 0 Å². The first-order valence-corrected chi connectivity index (χ1v) is 10.7. The summed E-state index contributed by atoms with van der Waals surface area (Å²) in [4.78, 5) is 4.57. The summed E-state index contributed by atoms with van der Waals surface area (Å²) in [6.07, 6.45) is 2.85. The van der Waals surface area contributed by atoms with Crippen LogP contribution in [0.5, 0.6) is 11.5 Å². The van der Waals surface area contributed by atoms with Crippen molar-refractivity contribution in [3.05, 3.63) is 86.8 Å². The molecule has 0 radical (unpaired) electrons. The fraction of sp³-hybridized carbons (Fsp3) is 0.208. The number of halogens is 2. The Morgan fingerprint density at radius 2 is 1.62 bits per heavy atom. The van der Waals surface area contributed by atoms with Gasteiger partial charge in [-0.25, -0.2) is 0 Å². The molecule has 3 aromatic carbocycles. The fourth-order valence-electron chi connectivity index (χ4n) is 2.77. The van der Waals surface area contributed by atoms with Gasteiger partial charge in [0, 0.05) is 11.2 Å². The summed E-state index contributed by atoms with van der Waals surface area (Å²) < 4.78 is 12.7. The molecule has 0 saturated carbocycles. The first-order valence-electron chi connectivity index (χ1n) is 9.55. The van der Waals surface area contributed by atoms with Gasteiger partial charge in [-0.2, -0.15) is 0 Å². The number of benzene rings is 3. The van der Waals surface area contributed by atoms with Crippen molar-refractivity contribution < 1.29 is 9.47 Å². The number of aliphatic imine (C=N–C) groups is 1. The summed E-state index contributed by atoms with van der Waals surface area (Å²) in [5, 5.41) is 0.706. The third-order valence-corrected chi connectivity index (χ3v) is 5.18. The van der Waals surface area contributed by atoms with Crippen molar-refractivity contribution in [2.45, 2.75) is 26.9 Å². The highest BCUT2D eigenvalue weighted by Gasteiger charge is 2.12. The third kappa shape index (κ3) is 6.09. The number of aryl methyl sites for hydroxylation is 1. The Balaban J connectivity index is 1.79. The second-order valence-electron chi connectivity index (χ2n) is 6.46. The highest BCUT2D eigenvalue weighted by Crippen LogP contribution is 2.37. The molecular formula is C24H23BrClNO2. The first kappa shape index (κ1) is 21.4. The molecule has 150 valence electrons. The van der Waals surface area contributed by atoms with Crippen LogP contribution in [0.4, 0.5) is 5.69 Å². The van der Waals surface area contributed by atoms with Gasteiger partial charge in [0.15, 0.2) is 11.5 Å². The molecule has 0 aliphatic rings. The lowest BCUT2D eigenvalue weighted by Gasteiger charge is -2.14. The zero-order valence-corrected chi connectivity index (χ0v) is 18.8. The van der Waals surface area contributed by atoms with Crippen molar-refractivity contribution >= 4 is 39.4 Å². The van der Waals surface area contributed by atoms with E-state index in [1.54, 1.807) is 0 Å². The molecule has 0 N–H and O–H groups in total. The molecule has 0 unspecified atom stereocenters. The van der Waals surface area contributed by atoms with Gasteiger partial charge >= 0.3 is 0 Å². The summed E-state index contributed by atoms with van der Waals surface area (Å²) >= 11 is 9.56. The van der Waals surface area contributed by atoms with Crippen LogP contribution in [0.1, 0.15) is 30.5 Å². The third-order valence-electron chi connectivity index (χ3n) is 4.34. The highest BCUT2D eigenvalue weighted by molar-refractivity contribution is 9.10. The average molecular weight is 473 g/mol. The Morgan fingerprint density at radius 1 is 0.931 bits per heavy atom. The van der Waals surface area contributed by atoms with Gasteiger partial charge in [0.2, 0.25) is 0 Å². The second-order valence-corrected chi connectivity index (χ2v) is 7.75. The molecular weight excluding hydrogens is 450 g/mol. The van der Waals surface area contributed by atoms with Crippen LogP contribution in [0.25, 0.3) is 0 Å². The molecule has 0 heterocycles. The van der Waals surface area contributed by atoms with E-state index < -0.39 is 0 Å². The molecule has 0 aliphatic carbocycles. The van der Waals surface area contributed by atoms with E-state index in [2.05, 4.69) is 40.0 Å². The predicted molar refractivity (Wildman–Crippen MR) is 124 cm³/mol. The van der Waals surface area contributed by atoms with Crippen molar-refractivity contribution in [3.8, 4) is 11.5 Å². The van der Waals surface area contributed by atoms with Gasteiger partial charge < -0.3 is 9.47 Å². The Hall–Kier alpha value is -2.30. The van der Waals surface area contributed by atoms with Gasteiger partial charge in [0.05, 0.1) is 16.8 Å². The maximum Gasteiger partial charge on any atom is 0.175 e. The molecule has 0 spiro atoms. The summed E-state index contributed by atoms with van der Waals surface area (Å²) in [5.74, 6) is 1.35. The number of hydrogen-bond donors (Lipinski definition) is 0. The maximum absolute atomic E-state index is 6.03.